The van der Waals surface area contributed by atoms with Crippen LogP contribution in [0.1, 0.15) is 20.3 Å². The topological polar surface area (TPSA) is 86.7 Å². The van der Waals surface area contributed by atoms with Crippen molar-refractivity contribution in [3.63, 3.8) is 0 Å². The highest BCUT2D eigenvalue weighted by Crippen LogP contribution is 2.30. The van der Waals surface area contributed by atoms with E-state index in [0.717, 1.165) is 0 Å². The molecule has 1 aliphatic rings. The summed E-state index contributed by atoms with van der Waals surface area (Å²) in [5.74, 6) is -2.73. The molecule has 2 N–H and O–H groups in total. The normalized spacial score (nSPS) is 25.5. The minimum absolute atomic E-state index is 0.115. The molecule has 0 aromatic carbocycles. The second-order valence-corrected chi connectivity index (χ2v) is 4.71. The molecule has 1 fully saturated rings. The van der Waals surface area contributed by atoms with Gasteiger partial charge in [-0.1, -0.05) is 0 Å². The molecular formula is C11H18N2O4. The molecule has 0 aromatic rings. The maximum absolute atomic E-state index is 11.8. The van der Waals surface area contributed by atoms with Crippen molar-refractivity contribution in [2.24, 2.45) is 11.3 Å². The van der Waals surface area contributed by atoms with Crippen molar-refractivity contribution in [3.05, 3.63) is 0 Å². The van der Waals surface area contributed by atoms with Crippen molar-refractivity contribution in [2.45, 2.75) is 20.3 Å². The molecule has 0 saturated carbocycles. The molecule has 96 valence electrons. The summed E-state index contributed by atoms with van der Waals surface area (Å²) in [6.45, 7) is 3.86. The van der Waals surface area contributed by atoms with Gasteiger partial charge in [-0.15, -0.1) is 0 Å². The van der Waals surface area contributed by atoms with Crippen LogP contribution in [0.25, 0.3) is 0 Å². The molecule has 2 amide bonds. The fourth-order valence-corrected chi connectivity index (χ4v) is 2.02. The minimum Gasteiger partial charge on any atom is -0.481 e. The summed E-state index contributed by atoms with van der Waals surface area (Å²) in [6.07, 6.45) is 0.560. The fourth-order valence-electron chi connectivity index (χ4n) is 2.02. The number of carboxylic acid groups (broad SMARTS) is 1. The molecule has 2 atom stereocenters. The van der Waals surface area contributed by atoms with Crippen molar-refractivity contribution in [1.82, 2.24) is 10.2 Å². The summed E-state index contributed by atoms with van der Waals surface area (Å²) in [6, 6.07) is 0. The van der Waals surface area contributed by atoms with E-state index in [2.05, 4.69) is 5.32 Å². The number of likely N-dealkylation sites (tertiary alicyclic amines) is 1. The van der Waals surface area contributed by atoms with Crippen molar-refractivity contribution in [1.29, 1.82) is 0 Å². The van der Waals surface area contributed by atoms with Gasteiger partial charge in [-0.25, -0.2) is 0 Å². The summed E-state index contributed by atoms with van der Waals surface area (Å²) in [5, 5.41) is 11.3. The van der Waals surface area contributed by atoms with Crippen LogP contribution in [-0.2, 0) is 14.4 Å². The Morgan fingerprint density at radius 1 is 1.41 bits per heavy atom. The highest BCUT2D eigenvalue weighted by atomic mass is 16.4. The van der Waals surface area contributed by atoms with E-state index < -0.39 is 23.2 Å². The lowest BCUT2D eigenvalue weighted by atomic mass is 9.89. The van der Waals surface area contributed by atoms with Crippen LogP contribution in [0.15, 0.2) is 0 Å². The molecule has 0 aromatic heterocycles. The van der Waals surface area contributed by atoms with Crippen LogP contribution in [0.3, 0.4) is 0 Å². The first-order chi connectivity index (χ1) is 7.81. The lowest BCUT2D eigenvalue weighted by Crippen LogP contribution is -2.42. The van der Waals surface area contributed by atoms with Gasteiger partial charge in [0.25, 0.3) is 0 Å². The number of amides is 2. The highest BCUT2D eigenvalue weighted by Gasteiger charge is 2.42. The number of rotatable bonds is 3. The van der Waals surface area contributed by atoms with Gasteiger partial charge >= 0.3 is 5.97 Å². The number of carbonyl (C=O) groups is 3. The Morgan fingerprint density at radius 3 is 2.47 bits per heavy atom. The lowest BCUT2D eigenvalue weighted by Gasteiger charge is -2.23. The van der Waals surface area contributed by atoms with Crippen LogP contribution < -0.4 is 5.32 Å². The summed E-state index contributed by atoms with van der Waals surface area (Å²) in [5.41, 5.74) is -0.608. The molecule has 1 heterocycles. The first-order valence-corrected chi connectivity index (χ1v) is 5.55. The number of carboxylic acids is 1. The second kappa shape index (κ2) is 4.73. The van der Waals surface area contributed by atoms with Crippen molar-refractivity contribution < 1.29 is 19.5 Å². The monoisotopic (exact) mass is 242 g/mol. The van der Waals surface area contributed by atoms with Crippen LogP contribution in [0.4, 0.5) is 0 Å². The highest BCUT2D eigenvalue weighted by molar-refractivity contribution is 5.97. The smallest absolute Gasteiger partial charge is 0.315 e. The van der Waals surface area contributed by atoms with Gasteiger partial charge in [0.15, 0.2) is 0 Å². The Hall–Kier alpha value is -1.59. The SMILES string of the molecule is CNC(=O)C1(C)CCN(C(=O)C(C)C(=O)O)C1. The molecule has 0 aliphatic carbocycles. The molecule has 17 heavy (non-hydrogen) atoms. The molecule has 0 bridgehead atoms. The van der Waals surface area contributed by atoms with Crippen LogP contribution in [-0.4, -0.2) is 47.9 Å². The van der Waals surface area contributed by atoms with Crippen molar-refractivity contribution >= 4 is 17.8 Å². The number of aliphatic carboxylic acids is 1. The number of hydrogen-bond acceptors (Lipinski definition) is 3. The molecule has 2 unspecified atom stereocenters. The third-order valence-electron chi connectivity index (χ3n) is 3.30. The molecule has 0 radical (unpaired) electrons. The molecule has 1 aliphatic heterocycles. The van der Waals surface area contributed by atoms with E-state index >= 15 is 0 Å². The molecule has 1 saturated heterocycles. The zero-order valence-electron chi connectivity index (χ0n) is 10.3. The van der Waals surface area contributed by atoms with E-state index in [1.807, 2.05) is 0 Å². The molecule has 0 spiro atoms. The Kier molecular flexibility index (Phi) is 3.75. The summed E-state index contributed by atoms with van der Waals surface area (Å²) < 4.78 is 0. The van der Waals surface area contributed by atoms with Crippen LogP contribution >= 0.6 is 0 Å². The van der Waals surface area contributed by atoms with Crippen LogP contribution in [0, 0.1) is 11.3 Å². The van der Waals surface area contributed by atoms with E-state index in [9.17, 15) is 14.4 Å². The van der Waals surface area contributed by atoms with Gasteiger partial charge in [-0.05, 0) is 20.3 Å². The van der Waals surface area contributed by atoms with Gasteiger partial charge in [-0.3, -0.25) is 14.4 Å². The number of carbonyl (C=O) groups excluding carboxylic acids is 2. The van der Waals surface area contributed by atoms with Gasteiger partial charge < -0.3 is 15.3 Å². The maximum Gasteiger partial charge on any atom is 0.315 e. The second-order valence-electron chi connectivity index (χ2n) is 4.71. The van der Waals surface area contributed by atoms with Crippen molar-refractivity contribution in [3.8, 4) is 0 Å². The number of nitrogens with zero attached hydrogens (tertiary/aromatic N) is 1. The summed E-state index contributed by atoms with van der Waals surface area (Å²) in [7, 11) is 1.55. The lowest BCUT2D eigenvalue weighted by molar-refractivity contribution is -0.150. The maximum atomic E-state index is 11.8. The Labute approximate surface area is 100.0 Å². The van der Waals surface area contributed by atoms with Gasteiger partial charge in [0.2, 0.25) is 11.8 Å². The summed E-state index contributed by atoms with van der Waals surface area (Å²) >= 11 is 0. The fraction of sp³-hybridized carbons (Fsp3) is 0.727. The zero-order chi connectivity index (χ0) is 13.2. The standard InChI is InChI=1S/C11H18N2O4/c1-7(9(15)16)8(14)13-5-4-11(2,6-13)10(17)12-3/h7H,4-6H2,1-3H3,(H,12,17)(H,15,16). The zero-order valence-corrected chi connectivity index (χ0v) is 10.3. The first-order valence-electron chi connectivity index (χ1n) is 5.55. The van der Waals surface area contributed by atoms with Crippen LogP contribution in [0.5, 0.6) is 0 Å². The Bertz CT molecular complexity index is 355. The van der Waals surface area contributed by atoms with E-state index in [0.29, 0.717) is 13.0 Å². The van der Waals surface area contributed by atoms with Crippen molar-refractivity contribution in [2.75, 3.05) is 20.1 Å². The Morgan fingerprint density at radius 2 is 2.00 bits per heavy atom. The van der Waals surface area contributed by atoms with E-state index in [1.165, 1.54) is 11.8 Å². The summed E-state index contributed by atoms with van der Waals surface area (Å²) in [4.78, 5) is 35.6. The van der Waals surface area contributed by atoms with Crippen LogP contribution in [0.2, 0.25) is 0 Å². The quantitative estimate of drug-likeness (QED) is 0.665. The average molecular weight is 242 g/mol. The number of hydrogen-bond donors (Lipinski definition) is 2. The van der Waals surface area contributed by atoms with E-state index in [4.69, 9.17) is 5.11 Å². The molecule has 1 rings (SSSR count). The molecule has 6 heteroatoms. The van der Waals surface area contributed by atoms with Gasteiger partial charge in [-0.2, -0.15) is 0 Å². The number of nitrogens with one attached hydrogen (secondary N) is 1. The Balaban J connectivity index is 2.71. The largest absolute Gasteiger partial charge is 0.481 e. The minimum atomic E-state index is -1.14. The van der Waals surface area contributed by atoms with Gasteiger partial charge in [0, 0.05) is 20.1 Å². The predicted octanol–water partition coefficient (Wildman–Crippen LogP) is -0.308. The van der Waals surface area contributed by atoms with E-state index in [-0.39, 0.29) is 12.5 Å². The van der Waals surface area contributed by atoms with E-state index in [1.54, 1.807) is 14.0 Å². The first kappa shape index (κ1) is 13.5. The average Bonchev–Trinajstić information content (AvgIpc) is 2.70. The third kappa shape index (κ3) is 2.57. The van der Waals surface area contributed by atoms with Gasteiger partial charge in [0.1, 0.15) is 5.92 Å². The third-order valence-corrected chi connectivity index (χ3v) is 3.30. The molecular weight excluding hydrogens is 224 g/mol. The predicted molar refractivity (Wildman–Crippen MR) is 60.2 cm³/mol. The molecule has 6 nitrogen and oxygen atoms in total. The van der Waals surface area contributed by atoms with Gasteiger partial charge in [0.05, 0.1) is 5.41 Å².